The van der Waals surface area contributed by atoms with Crippen LogP contribution < -0.4 is 0 Å². The molecule has 3 unspecified atom stereocenters. The van der Waals surface area contributed by atoms with Crippen molar-refractivity contribution in [3.63, 3.8) is 0 Å². The van der Waals surface area contributed by atoms with Crippen LogP contribution in [0.2, 0.25) is 0 Å². The predicted molar refractivity (Wildman–Crippen MR) is 127 cm³/mol. The van der Waals surface area contributed by atoms with Crippen LogP contribution in [0, 0.1) is 5.92 Å². The van der Waals surface area contributed by atoms with Crippen LogP contribution in [-0.4, -0.2) is 21.0 Å². The summed E-state index contributed by atoms with van der Waals surface area (Å²) in [5.74, 6) is -0.336. The Labute approximate surface area is 187 Å². The molecule has 3 nitrogen and oxygen atoms in total. The Morgan fingerprint density at radius 3 is 1.94 bits per heavy atom. The predicted octanol–water partition coefficient (Wildman–Crippen LogP) is 6.07. The highest BCUT2D eigenvalue weighted by molar-refractivity contribution is 7.85. The molecule has 0 bridgehead atoms. The quantitative estimate of drug-likeness (QED) is 0.384. The lowest BCUT2D eigenvalue weighted by Gasteiger charge is -2.39. The molecular formula is C27H30O3S. The van der Waals surface area contributed by atoms with Crippen molar-refractivity contribution in [2.45, 2.75) is 49.4 Å². The van der Waals surface area contributed by atoms with Crippen molar-refractivity contribution >= 4 is 16.8 Å². The molecule has 0 aliphatic rings. The smallest absolute Gasteiger partial charge is 0.338 e. The zero-order valence-electron chi connectivity index (χ0n) is 18.4. The van der Waals surface area contributed by atoms with Gasteiger partial charge in [0.25, 0.3) is 0 Å². The summed E-state index contributed by atoms with van der Waals surface area (Å²) in [5, 5.41) is -0.355. The van der Waals surface area contributed by atoms with Gasteiger partial charge in [0.2, 0.25) is 0 Å². The maximum atomic E-state index is 13.7. The van der Waals surface area contributed by atoms with Crippen LogP contribution in [0.25, 0.3) is 0 Å². The maximum absolute atomic E-state index is 13.7. The molecule has 0 heterocycles. The SMILES string of the molecule is CC(C)C(S(=O)c1ccccc1)C(C)(CCc1ccccc1)OC(=O)c1ccccc1. The van der Waals surface area contributed by atoms with E-state index in [4.69, 9.17) is 4.74 Å². The number of hydrogen-bond donors (Lipinski definition) is 0. The summed E-state index contributed by atoms with van der Waals surface area (Å²) < 4.78 is 19.9. The third-order valence-corrected chi connectivity index (χ3v) is 7.74. The zero-order chi connectivity index (χ0) is 22.3. The minimum Gasteiger partial charge on any atom is -0.454 e. The van der Waals surface area contributed by atoms with E-state index in [2.05, 4.69) is 12.1 Å². The lowest BCUT2D eigenvalue weighted by molar-refractivity contribution is -0.0201. The van der Waals surface area contributed by atoms with E-state index in [0.29, 0.717) is 12.0 Å². The second kappa shape index (κ2) is 10.5. The van der Waals surface area contributed by atoms with Gasteiger partial charge in [0.05, 0.1) is 21.6 Å². The molecule has 162 valence electrons. The Balaban J connectivity index is 1.95. The normalized spacial score (nSPS) is 15.1. The van der Waals surface area contributed by atoms with Crippen molar-refractivity contribution in [1.82, 2.24) is 0 Å². The van der Waals surface area contributed by atoms with Gasteiger partial charge in [0.15, 0.2) is 0 Å². The van der Waals surface area contributed by atoms with Crippen molar-refractivity contribution in [1.29, 1.82) is 0 Å². The summed E-state index contributed by atoms with van der Waals surface area (Å²) in [4.78, 5) is 13.8. The molecule has 0 radical (unpaired) electrons. The van der Waals surface area contributed by atoms with Gasteiger partial charge in [-0.05, 0) is 55.5 Å². The van der Waals surface area contributed by atoms with Crippen LogP contribution in [-0.2, 0) is 22.0 Å². The summed E-state index contributed by atoms with van der Waals surface area (Å²) in [6, 6.07) is 28.6. The fourth-order valence-corrected chi connectivity index (χ4v) is 5.85. The first kappa shape index (κ1) is 23.0. The van der Waals surface area contributed by atoms with E-state index in [0.717, 1.165) is 16.9 Å². The van der Waals surface area contributed by atoms with Gasteiger partial charge in [-0.15, -0.1) is 0 Å². The van der Waals surface area contributed by atoms with Crippen LogP contribution in [0.5, 0.6) is 0 Å². The molecule has 31 heavy (non-hydrogen) atoms. The standard InChI is InChI=1S/C27H30O3S/c1-21(2)25(31(29)24-17-11-6-12-18-24)27(3,20-19-22-13-7-4-8-14-22)30-26(28)23-15-9-5-10-16-23/h4-18,21,25H,19-20H2,1-3H3. The number of aryl methyl sites for hydroxylation is 1. The third-order valence-electron chi connectivity index (χ3n) is 5.50. The molecule has 0 N–H and O–H groups in total. The second-order valence-corrected chi connectivity index (χ2v) is 9.90. The fraction of sp³-hybridized carbons (Fsp3) is 0.296. The molecule has 3 aromatic carbocycles. The molecule has 0 spiro atoms. The Bertz CT molecular complexity index is 987. The molecule has 0 amide bonds. The summed E-state index contributed by atoms with van der Waals surface area (Å²) in [6.45, 7) is 6.02. The van der Waals surface area contributed by atoms with Crippen molar-refractivity contribution in [2.75, 3.05) is 0 Å². The monoisotopic (exact) mass is 434 g/mol. The van der Waals surface area contributed by atoms with Crippen LogP contribution >= 0.6 is 0 Å². The molecule has 0 saturated carbocycles. The molecule has 3 atom stereocenters. The van der Waals surface area contributed by atoms with Crippen molar-refractivity contribution in [3.8, 4) is 0 Å². The average Bonchev–Trinajstić information content (AvgIpc) is 2.79. The second-order valence-electron chi connectivity index (χ2n) is 8.33. The third kappa shape index (κ3) is 5.92. The summed E-state index contributed by atoms with van der Waals surface area (Å²) >= 11 is 0. The zero-order valence-corrected chi connectivity index (χ0v) is 19.2. The van der Waals surface area contributed by atoms with Crippen molar-refractivity contribution in [3.05, 3.63) is 102 Å². The highest BCUT2D eigenvalue weighted by Gasteiger charge is 2.44. The van der Waals surface area contributed by atoms with E-state index in [1.807, 2.05) is 87.5 Å². The van der Waals surface area contributed by atoms with Gasteiger partial charge < -0.3 is 4.74 Å². The number of benzene rings is 3. The first-order valence-corrected chi connectivity index (χ1v) is 11.9. The number of carbonyl (C=O) groups is 1. The van der Waals surface area contributed by atoms with Crippen molar-refractivity contribution in [2.24, 2.45) is 5.92 Å². The largest absolute Gasteiger partial charge is 0.454 e. The summed E-state index contributed by atoms with van der Waals surface area (Å²) in [7, 11) is -1.33. The van der Waals surface area contributed by atoms with Crippen LogP contribution in [0.4, 0.5) is 0 Å². The highest BCUT2D eigenvalue weighted by Crippen LogP contribution is 2.34. The molecule has 0 aromatic heterocycles. The van der Waals surface area contributed by atoms with Gasteiger partial charge in [-0.3, -0.25) is 4.21 Å². The first-order valence-electron chi connectivity index (χ1n) is 10.7. The molecule has 3 aromatic rings. The Kier molecular flexibility index (Phi) is 7.80. The van der Waals surface area contributed by atoms with E-state index in [1.54, 1.807) is 12.1 Å². The van der Waals surface area contributed by atoms with Crippen molar-refractivity contribution < 1.29 is 13.7 Å². The molecule has 0 aliphatic heterocycles. The number of esters is 1. The van der Waals surface area contributed by atoms with E-state index < -0.39 is 16.4 Å². The number of rotatable bonds is 9. The minimum absolute atomic E-state index is 0.0467. The van der Waals surface area contributed by atoms with Crippen LogP contribution in [0.15, 0.2) is 95.9 Å². The molecule has 4 heteroatoms. The lowest BCUT2D eigenvalue weighted by Crippen LogP contribution is -2.49. The Hall–Kier alpha value is -2.72. The van der Waals surface area contributed by atoms with Gasteiger partial charge in [0, 0.05) is 4.90 Å². The number of hydrogen-bond acceptors (Lipinski definition) is 3. The van der Waals surface area contributed by atoms with E-state index in [9.17, 15) is 9.00 Å². The number of ether oxygens (including phenoxy) is 1. The molecule has 0 saturated heterocycles. The Morgan fingerprint density at radius 1 is 0.871 bits per heavy atom. The van der Waals surface area contributed by atoms with Gasteiger partial charge in [-0.2, -0.15) is 0 Å². The summed E-state index contributed by atoms with van der Waals surface area (Å²) in [6.07, 6.45) is 1.31. The van der Waals surface area contributed by atoms with Crippen LogP contribution in [0.3, 0.4) is 0 Å². The van der Waals surface area contributed by atoms with Gasteiger partial charge >= 0.3 is 5.97 Å². The van der Waals surface area contributed by atoms with Gasteiger partial charge in [-0.1, -0.05) is 80.6 Å². The Morgan fingerprint density at radius 2 is 1.39 bits per heavy atom. The molecular weight excluding hydrogens is 404 g/mol. The van der Waals surface area contributed by atoms with E-state index >= 15 is 0 Å². The van der Waals surface area contributed by atoms with Gasteiger partial charge in [0.1, 0.15) is 5.60 Å². The highest BCUT2D eigenvalue weighted by atomic mass is 32.2. The van der Waals surface area contributed by atoms with E-state index in [-0.39, 0.29) is 17.1 Å². The summed E-state index contributed by atoms with van der Waals surface area (Å²) in [5.41, 5.74) is 0.761. The fourth-order valence-electron chi connectivity index (χ4n) is 4.01. The first-order chi connectivity index (χ1) is 14.9. The topological polar surface area (TPSA) is 43.4 Å². The van der Waals surface area contributed by atoms with E-state index in [1.165, 1.54) is 0 Å². The van der Waals surface area contributed by atoms with Gasteiger partial charge in [-0.25, -0.2) is 4.79 Å². The molecule has 0 aliphatic carbocycles. The molecule has 0 fully saturated rings. The molecule has 3 rings (SSSR count). The lowest BCUT2D eigenvalue weighted by atomic mass is 9.87. The average molecular weight is 435 g/mol. The number of carbonyl (C=O) groups excluding carboxylic acids is 1. The minimum atomic E-state index is -1.33. The van der Waals surface area contributed by atoms with Crippen LogP contribution in [0.1, 0.15) is 43.1 Å². The maximum Gasteiger partial charge on any atom is 0.338 e.